The zero-order valence-electron chi connectivity index (χ0n) is 10.6. The predicted octanol–water partition coefficient (Wildman–Crippen LogP) is 0.328. The molecule has 0 radical (unpaired) electrons. The molecule has 1 amide bonds. The minimum atomic E-state index is -0.421. The Bertz CT molecular complexity index is 387. The molecule has 0 saturated carbocycles. The highest BCUT2D eigenvalue weighted by molar-refractivity contribution is 5.96. The average Bonchev–Trinajstić information content (AvgIpc) is 2.66. The van der Waals surface area contributed by atoms with Gasteiger partial charge in [0.1, 0.15) is 0 Å². The Morgan fingerprint density at radius 2 is 2.35 bits per heavy atom. The summed E-state index contributed by atoms with van der Waals surface area (Å²) in [7, 11) is 1.68. The summed E-state index contributed by atoms with van der Waals surface area (Å²) in [5, 5.41) is 13.3. The highest BCUT2D eigenvalue weighted by Crippen LogP contribution is 2.11. The molecule has 17 heavy (non-hydrogen) atoms. The summed E-state index contributed by atoms with van der Waals surface area (Å²) in [4.78, 5) is 13.5. The molecule has 0 aliphatic rings. The molecule has 0 aliphatic carbocycles. The molecule has 3 N–H and O–H groups in total. The summed E-state index contributed by atoms with van der Waals surface area (Å²) in [6.45, 7) is 4.78. The molecule has 0 aliphatic heterocycles. The predicted molar refractivity (Wildman–Crippen MR) is 65.6 cm³/mol. The van der Waals surface area contributed by atoms with Crippen LogP contribution in [-0.4, -0.2) is 45.4 Å². The van der Waals surface area contributed by atoms with Crippen LogP contribution < -0.4 is 5.73 Å². The van der Waals surface area contributed by atoms with Gasteiger partial charge < -0.3 is 15.7 Å². The van der Waals surface area contributed by atoms with Crippen molar-refractivity contribution in [1.82, 2.24) is 14.7 Å². The number of nitrogen functional groups attached to an aromatic ring is 1. The number of carbonyl (C=O) groups excluding carboxylic acids is 1. The number of aliphatic hydroxyl groups excluding tert-OH is 1. The quantitative estimate of drug-likeness (QED) is 0.776. The lowest BCUT2D eigenvalue weighted by atomic mass is 10.2. The Kier molecular flexibility index (Phi) is 4.51. The van der Waals surface area contributed by atoms with E-state index >= 15 is 0 Å². The molecule has 96 valence electrons. The van der Waals surface area contributed by atoms with Gasteiger partial charge in [-0.15, -0.1) is 0 Å². The van der Waals surface area contributed by atoms with E-state index < -0.39 is 6.10 Å². The minimum absolute atomic E-state index is 0.213. The first-order valence-corrected chi connectivity index (χ1v) is 5.72. The van der Waals surface area contributed by atoms with E-state index in [2.05, 4.69) is 5.10 Å². The fraction of sp³-hybridized carbons (Fsp3) is 0.636. The Hall–Kier alpha value is -1.56. The Morgan fingerprint density at radius 3 is 2.82 bits per heavy atom. The van der Waals surface area contributed by atoms with E-state index in [0.29, 0.717) is 25.2 Å². The molecule has 1 atom stereocenters. The second kappa shape index (κ2) is 5.67. The van der Waals surface area contributed by atoms with Crippen molar-refractivity contribution in [3.8, 4) is 0 Å². The number of hydrogen-bond acceptors (Lipinski definition) is 4. The Morgan fingerprint density at radius 1 is 1.71 bits per heavy atom. The molecule has 0 bridgehead atoms. The highest BCUT2D eigenvalue weighted by Gasteiger charge is 2.18. The second-order valence-electron chi connectivity index (χ2n) is 4.15. The van der Waals surface area contributed by atoms with E-state index in [1.807, 2.05) is 6.92 Å². The van der Waals surface area contributed by atoms with Crippen LogP contribution in [-0.2, 0) is 6.54 Å². The molecule has 6 nitrogen and oxygen atoms in total. The first-order chi connectivity index (χ1) is 7.95. The van der Waals surface area contributed by atoms with Gasteiger partial charge in [-0.05, 0) is 20.3 Å². The van der Waals surface area contributed by atoms with Gasteiger partial charge in [-0.1, -0.05) is 0 Å². The summed E-state index contributed by atoms with van der Waals surface area (Å²) in [5.74, 6) is -0.213. The number of nitrogens with two attached hydrogens (primary N) is 1. The third-order valence-electron chi connectivity index (χ3n) is 2.55. The number of aliphatic hydroxyl groups is 1. The van der Waals surface area contributed by atoms with Gasteiger partial charge in [0.15, 0.2) is 5.69 Å². The van der Waals surface area contributed by atoms with Crippen LogP contribution in [0.4, 0.5) is 5.69 Å². The van der Waals surface area contributed by atoms with Gasteiger partial charge in [-0.25, -0.2) is 0 Å². The van der Waals surface area contributed by atoms with Gasteiger partial charge in [0, 0.05) is 26.3 Å². The number of rotatable bonds is 5. The molecule has 1 rings (SSSR count). The van der Waals surface area contributed by atoms with E-state index in [-0.39, 0.29) is 11.6 Å². The van der Waals surface area contributed by atoms with Crippen molar-refractivity contribution in [2.45, 2.75) is 32.9 Å². The molecule has 0 saturated heterocycles. The van der Waals surface area contributed by atoms with Crippen molar-refractivity contribution in [1.29, 1.82) is 0 Å². The minimum Gasteiger partial charge on any atom is -0.396 e. The zero-order valence-corrected chi connectivity index (χ0v) is 10.6. The third-order valence-corrected chi connectivity index (χ3v) is 2.55. The van der Waals surface area contributed by atoms with Crippen LogP contribution in [0.1, 0.15) is 30.8 Å². The lowest BCUT2D eigenvalue weighted by Crippen LogP contribution is -2.30. The van der Waals surface area contributed by atoms with E-state index in [9.17, 15) is 4.79 Å². The van der Waals surface area contributed by atoms with Gasteiger partial charge in [0.05, 0.1) is 11.8 Å². The number of aromatic nitrogens is 2. The van der Waals surface area contributed by atoms with Gasteiger partial charge >= 0.3 is 0 Å². The maximum Gasteiger partial charge on any atom is 0.276 e. The largest absolute Gasteiger partial charge is 0.396 e. The molecule has 1 aromatic rings. The van der Waals surface area contributed by atoms with Crippen molar-refractivity contribution in [3.63, 3.8) is 0 Å². The van der Waals surface area contributed by atoms with Gasteiger partial charge in [0.25, 0.3) is 5.91 Å². The van der Waals surface area contributed by atoms with Crippen LogP contribution in [0.15, 0.2) is 6.20 Å². The number of nitrogens with zero attached hydrogens (tertiary/aromatic N) is 3. The van der Waals surface area contributed by atoms with E-state index in [0.717, 1.165) is 0 Å². The molecule has 1 aromatic heterocycles. The van der Waals surface area contributed by atoms with Crippen LogP contribution in [0.5, 0.6) is 0 Å². The van der Waals surface area contributed by atoms with Gasteiger partial charge in [-0.2, -0.15) is 5.10 Å². The first-order valence-electron chi connectivity index (χ1n) is 5.72. The number of aryl methyl sites for hydroxylation is 1. The standard InChI is InChI=1S/C11H20N4O2/c1-4-15-7-9(12)10(13-15)11(17)14(3)6-5-8(2)16/h7-8,16H,4-6,12H2,1-3H3. The van der Waals surface area contributed by atoms with Crippen molar-refractivity contribution >= 4 is 11.6 Å². The van der Waals surface area contributed by atoms with E-state index in [1.165, 1.54) is 4.90 Å². The smallest absolute Gasteiger partial charge is 0.276 e. The molecule has 1 heterocycles. The fourth-order valence-corrected chi connectivity index (χ4v) is 1.43. The third kappa shape index (κ3) is 3.45. The van der Waals surface area contributed by atoms with Gasteiger partial charge in [0.2, 0.25) is 0 Å². The SMILES string of the molecule is CCn1cc(N)c(C(=O)N(C)CCC(C)O)n1. The van der Waals surface area contributed by atoms with Crippen molar-refractivity contribution in [3.05, 3.63) is 11.9 Å². The monoisotopic (exact) mass is 240 g/mol. The first kappa shape index (κ1) is 13.5. The highest BCUT2D eigenvalue weighted by atomic mass is 16.3. The lowest BCUT2D eigenvalue weighted by Gasteiger charge is -2.16. The maximum atomic E-state index is 12.0. The molecule has 0 spiro atoms. The Balaban J connectivity index is 2.70. The van der Waals surface area contributed by atoms with Crippen LogP contribution in [0.3, 0.4) is 0 Å². The lowest BCUT2D eigenvalue weighted by molar-refractivity contribution is 0.0763. The van der Waals surface area contributed by atoms with Crippen molar-refractivity contribution in [2.24, 2.45) is 0 Å². The number of amides is 1. The summed E-state index contributed by atoms with van der Waals surface area (Å²) in [5.41, 5.74) is 6.40. The van der Waals surface area contributed by atoms with Crippen LogP contribution in [0, 0.1) is 0 Å². The summed E-state index contributed by atoms with van der Waals surface area (Å²) in [6, 6.07) is 0. The topological polar surface area (TPSA) is 84.4 Å². The zero-order chi connectivity index (χ0) is 13.0. The molecular weight excluding hydrogens is 220 g/mol. The van der Waals surface area contributed by atoms with Crippen molar-refractivity contribution in [2.75, 3.05) is 19.3 Å². The molecule has 0 fully saturated rings. The number of anilines is 1. The van der Waals surface area contributed by atoms with Crippen molar-refractivity contribution < 1.29 is 9.90 Å². The molecular formula is C11H20N4O2. The molecule has 6 heteroatoms. The Labute approximate surface area is 101 Å². The molecule has 0 aromatic carbocycles. The average molecular weight is 240 g/mol. The summed E-state index contributed by atoms with van der Waals surface area (Å²) >= 11 is 0. The maximum absolute atomic E-state index is 12.0. The fourth-order valence-electron chi connectivity index (χ4n) is 1.43. The second-order valence-corrected chi connectivity index (χ2v) is 4.15. The normalized spacial score (nSPS) is 12.5. The van der Waals surface area contributed by atoms with Crippen LogP contribution in [0.2, 0.25) is 0 Å². The van der Waals surface area contributed by atoms with Gasteiger partial charge in [-0.3, -0.25) is 9.48 Å². The van der Waals surface area contributed by atoms with E-state index in [4.69, 9.17) is 10.8 Å². The summed E-state index contributed by atoms with van der Waals surface area (Å²) < 4.78 is 1.63. The number of hydrogen-bond donors (Lipinski definition) is 2. The number of carbonyl (C=O) groups is 1. The van der Waals surface area contributed by atoms with E-state index in [1.54, 1.807) is 24.9 Å². The van der Waals surface area contributed by atoms with Crippen LogP contribution in [0.25, 0.3) is 0 Å². The van der Waals surface area contributed by atoms with Crippen LogP contribution >= 0.6 is 0 Å². The summed E-state index contributed by atoms with van der Waals surface area (Å²) in [6.07, 6.45) is 1.77. The molecule has 1 unspecified atom stereocenters.